The summed E-state index contributed by atoms with van der Waals surface area (Å²) >= 11 is 0. The molecule has 0 bridgehead atoms. The molecule has 0 N–H and O–H groups in total. The Balaban J connectivity index is 2.37. The number of pyridine rings is 1. The lowest BCUT2D eigenvalue weighted by Gasteiger charge is -2.41. The molecule has 0 unspecified atom stereocenters. The van der Waals surface area contributed by atoms with Crippen LogP contribution in [0.1, 0.15) is 18.9 Å². The van der Waals surface area contributed by atoms with Crippen LogP contribution in [0.2, 0.25) is 0 Å². The molecular formula is C13H17N3. The fourth-order valence-corrected chi connectivity index (χ4v) is 2.61. The van der Waals surface area contributed by atoms with Crippen LogP contribution in [0.5, 0.6) is 0 Å². The number of likely N-dealkylation sites (tertiary alicyclic amines) is 1. The highest BCUT2D eigenvalue weighted by atomic mass is 15.1. The quantitative estimate of drug-likeness (QED) is 0.717. The van der Waals surface area contributed by atoms with Gasteiger partial charge in [-0.15, -0.1) is 0 Å². The van der Waals surface area contributed by atoms with Crippen molar-refractivity contribution in [1.29, 1.82) is 5.26 Å². The van der Waals surface area contributed by atoms with E-state index < -0.39 is 0 Å². The second-order valence-corrected chi connectivity index (χ2v) is 4.74. The van der Waals surface area contributed by atoms with Crippen molar-refractivity contribution in [1.82, 2.24) is 9.88 Å². The van der Waals surface area contributed by atoms with E-state index in [-0.39, 0.29) is 5.41 Å². The molecule has 3 heteroatoms. The Morgan fingerprint density at radius 3 is 3.00 bits per heavy atom. The maximum Gasteiger partial charge on any atom is 0.0886 e. The summed E-state index contributed by atoms with van der Waals surface area (Å²) in [5.41, 5.74) is 0.721. The number of hydrogen-bond acceptors (Lipinski definition) is 3. The summed E-state index contributed by atoms with van der Waals surface area (Å²) in [6.07, 6.45) is 4.49. The maximum atomic E-state index is 9.56. The zero-order valence-corrected chi connectivity index (χ0v) is 9.85. The minimum Gasteiger partial charge on any atom is -0.306 e. The van der Waals surface area contributed by atoms with Gasteiger partial charge in [-0.3, -0.25) is 4.98 Å². The van der Waals surface area contributed by atoms with Gasteiger partial charge < -0.3 is 4.90 Å². The van der Waals surface area contributed by atoms with Gasteiger partial charge in [-0.05, 0) is 37.6 Å². The monoisotopic (exact) mass is 215 g/mol. The van der Waals surface area contributed by atoms with Crippen molar-refractivity contribution in [3.8, 4) is 6.07 Å². The summed E-state index contributed by atoms with van der Waals surface area (Å²) in [5.74, 6) is 0.348. The van der Waals surface area contributed by atoms with Crippen LogP contribution in [0.15, 0.2) is 24.5 Å². The zero-order valence-electron chi connectivity index (χ0n) is 9.85. The molecule has 84 valence electrons. The van der Waals surface area contributed by atoms with Crippen molar-refractivity contribution in [2.75, 3.05) is 20.1 Å². The van der Waals surface area contributed by atoms with Gasteiger partial charge in [0.25, 0.3) is 0 Å². The molecule has 0 aromatic carbocycles. The van der Waals surface area contributed by atoms with Crippen molar-refractivity contribution in [2.24, 2.45) is 5.92 Å². The van der Waals surface area contributed by atoms with Gasteiger partial charge in [0.1, 0.15) is 0 Å². The Hall–Kier alpha value is -1.40. The summed E-state index contributed by atoms with van der Waals surface area (Å²) in [4.78, 5) is 6.43. The first-order valence-corrected chi connectivity index (χ1v) is 5.69. The van der Waals surface area contributed by atoms with Crippen LogP contribution in [0, 0.1) is 17.2 Å². The third kappa shape index (κ3) is 1.70. The molecule has 0 radical (unpaired) electrons. The van der Waals surface area contributed by atoms with Crippen molar-refractivity contribution in [2.45, 2.75) is 18.8 Å². The van der Waals surface area contributed by atoms with E-state index >= 15 is 0 Å². The van der Waals surface area contributed by atoms with Gasteiger partial charge in [-0.2, -0.15) is 5.26 Å². The molecule has 16 heavy (non-hydrogen) atoms. The Morgan fingerprint density at radius 2 is 2.44 bits per heavy atom. The van der Waals surface area contributed by atoms with Crippen molar-refractivity contribution in [3.05, 3.63) is 30.1 Å². The van der Waals surface area contributed by atoms with Crippen LogP contribution in [0.3, 0.4) is 0 Å². The van der Waals surface area contributed by atoms with E-state index in [9.17, 15) is 5.26 Å². The average molecular weight is 215 g/mol. The van der Waals surface area contributed by atoms with E-state index in [2.05, 4.69) is 29.9 Å². The topological polar surface area (TPSA) is 39.9 Å². The molecule has 1 aliphatic rings. The van der Waals surface area contributed by atoms with Crippen LogP contribution in [-0.2, 0) is 5.41 Å². The lowest BCUT2D eigenvalue weighted by atomic mass is 9.68. The number of nitriles is 1. The molecule has 3 nitrogen and oxygen atoms in total. The van der Waals surface area contributed by atoms with E-state index in [0.717, 1.165) is 25.1 Å². The van der Waals surface area contributed by atoms with Gasteiger partial charge in [0.2, 0.25) is 0 Å². The molecule has 1 saturated heterocycles. The first kappa shape index (κ1) is 11.1. The molecule has 0 amide bonds. The largest absolute Gasteiger partial charge is 0.306 e. The highest BCUT2D eigenvalue weighted by molar-refractivity contribution is 5.32. The molecule has 2 rings (SSSR count). The molecule has 1 aliphatic heterocycles. The molecular weight excluding hydrogens is 198 g/mol. The molecule has 0 spiro atoms. The van der Waals surface area contributed by atoms with Gasteiger partial charge >= 0.3 is 0 Å². The van der Waals surface area contributed by atoms with Crippen molar-refractivity contribution >= 4 is 0 Å². The molecule has 2 atom stereocenters. The second-order valence-electron chi connectivity index (χ2n) is 4.74. The third-order valence-corrected chi connectivity index (χ3v) is 3.69. The van der Waals surface area contributed by atoms with E-state index in [1.807, 2.05) is 18.3 Å². The lowest BCUT2D eigenvalue weighted by molar-refractivity contribution is 0.157. The Labute approximate surface area is 96.7 Å². The second kappa shape index (κ2) is 4.23. The highest BCUT2D eigenvalue weighted by Gasteiger charge is 2.41. The molecule has 1 aromatic rings. The Morgan fingerprint density at radius 1 is 1.62 bits per heavy atom. The third-order valence-electron chi connectivity index (χ3n) is 3.69. The van der Waals surface area contributed by atoms with Gasteiger partial charge in [-0.1, -0.05) is 13.0 Å². The van der Waals surface area contributed by atoms with Gasteiger partial charge in [0, 0.05) is 18.9 Å². The molecule has 2 heterocycles. The fourth-order valence-electron chi connectivity index (χ4n) is 2.61. The Kier molecular flexibility index (Phi) is 2.93. The molecule has 1 aromatic heterocycles. The standard InChI is InChI=1S/C13H17N3/c1-11-9-16(2)7-5-13(11,10-14)12-4-3-6-15-8-12/h3-4,6,8,11H,5,7,9H2,1-2H3/t11-,13+/m0/s1. The van der Waals surface area contributed by atoms with Crippen LogP contribution < -0.4 is 0 Å². The van der Waals surface area contributed by atoms with E-state index in [1.54, 1.807) is 6.20 Å². The number of hydrogen-bond donors (Lipinski definition) is 0. The van der Waals surface area contributed by atoms with Gasteiger partial charge in [-0.25, -0.2) is 0 Å². The minimum atomic E-state index is -0.346. The maximum absolute atomic E-state index is 9.56. The normalized spacial score (nSPS) is 30.9. The summed E-state index contributed by atoms with van der Waals surface area (Å²) in [6, 6.07) is 6.48. The minimum absolute atomic E-state index is 0.346. The first-order chi connectivity index (χ1) is 7.69. The molecule has 1 fully saturated rings. The number of piperidine rings is 1. The first-order valence-electron chi connectivity index (χ1n) is 5.69. The fraction of sp³-hybridized carbons (Fsp3) is 0.538. The predicted molar refractivity (Wildman–Crippen MR) is 62.8 cm³/mol. The van der Waals surface area contributed by atoms with Crippen LogP contribution in [0.25, 0.3) is 0 Å². The number of aromatic nitrogens is 1. The summed E-state index contributed by atoms with van der Waals surface area (Å²) in [7, 11) is 2.11. The van der Waals surface area contributed by atoms with E-state index in [4.69, 9.17) is 0 Å². The van der Waals surface area contributed by atoms with E-state index in [1.165, 1.54) is 0 Å². The van der Waals surface area contributed by atoms with Crippen LogP contribution in [-0.4, -0.2) is 30.0 Å². The van der Waals surface area contributed by atoms with E-state index in [0.29, 0.717) is 5.92 Å². The molecule has 0 aliphatic carbocycles. The summed E-state index contributed by atoms with van der Waals surface area (Å²) in [6.45, 7) is 4.11. The number of nitrogens with zero attached hydrogens (tertiary/aromatic N) is 3. The van der Waals surface area contributed by atoms with Crippen molar-refractivity contribution in [3.63, 3.8) is 0 Å². The summed E-state index contributed by atoms with van der Waals surface area (Å²) in [5, 5.41) is 9.56. The average Bonchev–Trinajstić information content (AvgIpc) is 2.31. The smallest absolute Gasteiger partial charge is 0.0886 e. The van der Waals surface area contributed by atoms with Crippen molar-refractivity contribution < 1.29 is 0 Å². The van der Waals surface area contributed by atoms with Gasteiger partial charge in [0.05, 0.1) is 11.5 Å². The van der Waals surface area contributed by atoms with Crippen LogP contribution >= 0.6 is 0 Å². The number of rotatable bonds is 1. The lowest BCUT2D eigenvalue weighted by Crippen LogP contribution is -2.46. The van der Waals surface area contributed by atoms with Gasteiger partial charge in [0.15, 0.2) is 0 Å². The predicted octanol–water partition coefficient (Wildman–Crippen LogP) is 1.81. The SMILES string of the molecule is C[C@H]1CN(C)CC[C@]1(C#N)c1cccnc1. The molecule has 0 saturated carbocycles. The zero-order chi connectivity index (χ0) is 11.6. The summed E-state index contributed by atoms with van der Waals surface area (Å²) < 4.78 is 0. The Bertz CT molecular complexity index is 395. The highest BCUT2D eigenvalue weighted by Crippen LogP contribution is 2.38. The van der Waals surface area contributed by atoms with Crippen LogP contribution in [0.4, 0.5) is 0 Å².